The average Bonchev–Trinajstić information content (AvgIpc) is 3.20. The van der Waals surface area contributed by atoms with Crippen molar-refractivity contribution in [2.75, 3.05) is 26.6 Å². The maximum atomic E-state index is 12.8. The second kappa shape index (κ2) is 9.24. The molecule has 4 rings (SSSR count). The summed E-state index contributed by atoms with van der Waals surface area (Å²) in [4.78, 5) is 25.6. The van der Waals surface area contributed by atoms with Gasteiger partial charge in [-0.05, 0) is 59.9 Å². The van der Waals surface area contributed by atoms with E-state index in [1.54, 1.807) is 19.1 Å². The zero-order valence-electron chi connectivity index (χ0n) is 19.0. The van der Waals surface area contributed by atoms with Gasteiger partial charge in [0, 0.05) is 11.3 Å². The van der Waals surface area contributed by atoms with Gasteiger partial charge in [-0.1, -0.05) is 30.3 Å². The van der Waals surface area contributed by atoms with Crippen molar-refractivity contribution < 1.29 is 23.8 Å². The highest BCUT2D eigenvalue weighted by Crippen LogP contribution is 2.39. The van der Waals surface area contributed by atoms with Crippen molar-refractivity contribution in [2.45, 2.75) is 19.4 Å². The second-order valence-electron chi connectivity index (χ2n) is 7.80. The first-order valence-electron chi connectivity index (χ1n) is 10.6. The number of hydrogen-bond donors (Lipinski definition) is 2. The van der Waals surface area contributed by atoms with Crippen LogP contribution < -0.4 is 24.8 Å². The summed E-state index contributed by atoms with van der Waals surface area (Å²) < 4.78 is 15.9. The molecule has 3 aromatic carbocycles. The van der Waals surface area contributed by atoms with Crippen LogP contribution >= 0.6 is 0 Å². The Labute approximate surface area is 192 Å². The molecule has 2 N–H and O–H groups in total. The standard InChI is InChI=1S/C26H26N2O5/c1-15(27-26(30)18-12-22(31-2)24(33-4)23(13-18)32-3)25(29)28-19-10-9-17-11-16-7-5-6-8-20(16)21(17)14-19/h5-10,12-15H,11H2,1-4H3,(H,27,30)(H,28,29). The Morgan fingerprint density at radius 2 is 1.52 bits per heavy atom. The van der Waals surface area contributed by atoms with E-state index >= 15 is 0 Å². The predicted molar refractivity (Wildman–Crippen MR) is 126 cm³/mol. The molecule has 7 heteroatoms. The van der Waals surface area contributed by atoms with Crippen LogP contribution in [0.15, 0.2) is 54.6 Å². The highest BCUT2D eigenvalue weighted by molar-refractivity contribution is 6.02. The summed E-state index contributed by atoms with van der Waals surface area (Å²) in [6.07, 6.45) is 0.890. The van der Waals surface area contributed by atoms with Crippen molar-refractivity contribution in [2.24, 2.45) is 0 Å². The van der Waals surface area contributed by atoms with E-state index in [1.807, 2.05) is 30.3 Å². The van der Waals surface area contributed by atoms with Crippen molar-refractivity contribution in [3.8, 4) is 28.4 Å². The number of anilines is 1. The minimum atomic E-state index is -0.767. The van der Waals surface area contributed by atoms with E-state index in [9.17, 15) is 9.59 Å². The lowest BCUT2D eigenvalue weighted by Crippen LogP contribution is -2.41. The molecule has 2 amide bonds. The van der Waals surface area contributed by atoms with E-state index in [2.05, 4.69) is 22.8 Å². The highest BCUT2D eigenvalue weighted by Gasteiger charge is 2.22. The Balaban J connectivity index is 1.46. The van der Waals surface area contributed by atoms with Gasteiger partial charge in [-0.3, -0.25) is 9.59 Å². The van der Waals surface area contributed by atoms with Gasteiger partial charge in [0.25, 0.3) is 5.91 Å². The summed E-state index contributed by atoms with van der Waals surface area (Å²) in [5.41, 5.74) is 5.80. The molecule has 0 spiro atoms. The van der Waals surface area contributed by atoms with Crippen LogP contribution in [0, 0.1) is 0 Å². The first-order valence-corrected chi connectivity index (χ1v) is 10.6. The van der Waals surface area contributed by atoms with E-state index in [0.29, 0.717) is 28.5 Å². The number of amides is 2. The maximum absolute atomic E-state index is 12.8. The number of benzene rings is 3. The van der Waals surface area contributed by atoms with Gasteiger partial charge in [0.1, 0.15) is 6.04 Å². The molecule has 170 valence electrons. The topological polar surface area (TPSA) is 85.9 Å². The van der Waals surface area contributed by atoms with Crippen LogP contribution in [-0.2, 0) is 11.2 Å². The largest absolute Gasteiger partial charge is 0.493 e. The zero-order valence-corrected chi connectivity index (χ0v) is 19.0. The Bertz CT molecular complexity index is 1200. The van der Waals surface area contributed by atoms with Crippen LogP contribution in [0.3, 0.4) is 0 Å². The number of hydrogen-bond acceptors (Lipinski definition) is 5. The Hall–Kier alpha value is -4.00. The van der Waals surface area contributed by atoms with E-state index < -0.39 is 11.9 Å². The van der Waals surface area contributed by atoms with Crippen LogP contribution in [0.4, 0.5) is 5.69 Å². The van der Waals surface area contributed by atoms with E-state index in [0.717, 1.165) is 12.0 Å². The fourth-order valence-corrected chi connectivity index (χ4v) is 4.01. The van der Waals surface area contributed by atoms with E-state index in [1.165, 1.54) is 38.0 Å². The lowest BCUT2D eigenvalue weighted by molar-refractivity contribution is -0.117. The van der Waals surface area contributed by atoms with Crippen LogP contribution in [0.25, 0.3) is 11.1 Å². The summed E-state index contributed by atoms with van der Waals surface area (Å²) in [6.45, 7) is 1.63. The Morgan fingerprint density at radius 3 is 2.18 bits per heavy atom. The summed E-state index contributed by atoms with van der Waals surface area (Å²) in [5.74, 6) is 0.359. The Kier molecular flexibility index (Phi) is 6.22. The number of nitrogens with one attached hydrogen (secondary N) is 2. The Morgan fingerprint density at radius 1 is 0.848 bits per heavy atom. The zero-order chi connectivity index (χ0) is 23.5. The number of carbonyl (C=O) groups is 2. The number of methoxy groups -OCH3 is 3. The minimum Gasteiger partial charge on any atom is -0.493 e. The average molecular weight is 447 g/mol. The van der Waals surface area contributed by atoms with Crippen molar-refractivity contribution in [3.05, 3.63) is 71.3 Å². The number of rotatable bonds is 7. The van der Waals surface area contributed by atoms with Gasteiger partial charge in [-0.15, -0.1) is 0 Å². The summed E-state index contributed by atoms with van der Waals surface area (Å²) in [5, 5.41) is 5.62. The molecular formula is C26H26N2O5. The van der Waals surface area contributed by atoms with Gasteiger partial charge in [0.05, 0.1) is 21.3 Å². The van der Waals surface area contributed by atoms with Crippen LogP contribution in [0.5, 0.6) is 17.2 Å². The molecular weight excluding hydrogens is 420 g/mol. The SMILES string of the molecule is COc1cc(C(=O)NC(C)C(=O)Nc2ccc3c(c2)-c2ccccc2C3)cc(OC)c1OC. The van der Waals surface area contributed by atoms with Gasteiger partial charge >= 0.3 is 0 Å². The summed E-state index contributed by atoms with van der Waals surface area (Å²) >= 11 is 0. The van der Waals surface area contributed by atoms with Crippen molar-refractivity contribution in [1.29, 1.82) is 0 Å². The van der Waals surface area contributed by atoms with Gasteiger partial charge in [-0.2, -0.15) is 0 Å². The van der Waals surface area contributed by atoms with Gasteiger partial charge in [-0.25, -0.2) is 0 Å². The lowest BCUT2D eigenvalue weighted by atomic mass is 10.1. The molecule has 0 saturated carbocycles. The summed E-state index contributed by atoms with van der Waals surface area (Å²) in [6, 6.07) is 16.5. The third kappa shape index (κ3) is 4.35. The fourth-order valence-electron chi connectivity index (χ4n) is 4.01. The lowest BCUT2D eigenvalue weighted by Gasteiger charge is -2.17. The highest BCUT2D eigenvalue weighted by atomic mass is 16.5. The molecule has 0 heterocycles. The third-order valence-corrected chi connectivity index (χ3v) is 5.73. The molecule has 0 bridgehead atoms. The molecule has 0 saturated heterocycles. The van der Waals surface area contributed by atoms with Crippen LogP contribution in [0.1, 0.15) is 28.4 Å². The smallest absolute Gasteiger partial charge is 0.252 e. The van der Waals surface area contributed by atoms with Gasteiger partial charge in [0.15, 0.2) is 11.5 Å². The molecule has 7 nitrogen and oxygen atoms in total. The molecule has 1 atom stereocenters. The van der Waals surface area contributed by atoms with Crippen LogP contribution in [0.2, 0.25) is 0 Å². The fraction of sp³-hybridized carbons (Fsp3) is 0.231. The quantitative estimate of drug-likeness (QED) is 0.448. The molecule has 0 aliphatic heterocycles. The molecule has 33 heavy (non-hydrogen) atoms. The predicted octanol–water partition coefficient (Wildman–Crippen LogP) is 4.04. The number of ether oxygens (including phenoxy) is 3. The van der Waals surface area contributed by atoms with E-state index in [4.69, 9.17) is 14.2 Å². The minimum absolute atomic E-state index is 0.290. The van der Waals surface area contributed by atoms with Crippen LogP contribution in [-0.4, -0.2) is 39.2 Å². The third-order valence-electron chi connectivity index (χ3n) is 5.73. The normalized spacial score (nSPS) is 12.2. The van der Waals surface area contributed by atoms with Crippen molar-refractivity contribution >= 4 is 17.5 Å². The summed E-state index contributed by atoms with van der Waals surface area (Å²) in [7, 11) is 4.44. The number of fused-ring (bicyclic) bond motifs is 3. The number of carbonyl (C=O) groups excluding carboxylic acids is 2. The molecule has 0 radical (unpaired) electrons. The van der Waals surface area contributed by atoms with Gasteiger partial charge < -0.3 is 24.8 Å². The maximum Gasteiger partial charge on any atom is 0.252 e. The molecule has 1 aliphatic carbocycles. The second-order valence-corrected chi connectivity index (χ2v) is 7.80. The van der Waals surface area contributed by atoms with Crippen molar-refractivity contribution in [1.82, 2.24) is 5.32 Å². The molecule has 1 unspecified atom stereocenters. The first-order chi connectivity index (χ1) is 15.9. The first kappa shape index (κ1) is 22.2. The van der Waals surface area contributed by atoms with E-state index in [-0.39, 0.29) is 5.91 Å². The monoisotopic (exact) mass is 446 g/mol. The molecule has 1 aliphatic rings. The van der Waals surface area contributed by atoms with Gasteiger partial charge in [0.2, 0.25) is 11.7 Å². The molecule has 3 aromatic rings. The van der Waals surface area contributed by atoms with Crippen molar-refractivity contribution in [3.63, 3.8) is 0 Å². The molecule has 0 aromatic heterocycles. The molecule has 0 fully saturated rings.